The van der Waals surface area contributed by atoms with Crippen LogP contribution in [0.4, 0.5) is 0 Å². The molecule has 0 saturated heterocycles. The molecule has 0 aromatic carbocycles. The van der Waals surface area contributed by atoms with E-state index in [-0.39, 0.29) is 11.9 Å². The van der Waals surface area contributed by atoms with E-state index in [1.807, 2.05) is 0 Å². The molecule has 1 amide bonds. The van der Waals surface area contributed by atoms with Crippen LogP contribution in [0.3, 0.4) is 0 Å². The summed E-state index contributed by atoms with van der Waals surface area (Å²) in [4.78, 5) is 16.1. The minimum absolute atomic E-state index is 0.0728. The topological polar surface area (TPSA) is 53.5 Å². The lowest BCUT2D eigenvalue weighted by molar-refractivity contribution is -0.120. The third-order valence-electron chi connectivity index (χ3n) is 3.33. The number of carbonyl (C=O) groups is 1. The zero-order chi connectivity index (χ0) is 12.1. The number of aliphatic imine (C=N–C) groups is 1. The number of unbranched alkanes of at least 4 members (excludes halogenated alkanes) is 4. The maximum absolute atomic E-state index is 11.6. The number of amides is 1. The van der Waals surface area contributed by atoms with Gasteiger partial charge in [0.2, 0.25) is 0 Å². The van der Waals surface area contributed by atoms with Gasteiger partial charge in [0.15, 0.2) is 5.96 Å². The highest BCUT2D eigenvalue weighted by molar-refractivity contribution is 6.04. The molecular formula is C13H23N3O. The van der Waals surface area contributed by atoms with E-state index in [1.54, 1.807) is 0 Å². The molecule has 96 valence electrons. The average molecular weight is 237 g/mol. The van der Waals surface area contributed by atoms with Crippen molar-refractivity contribution in [3.05, 3.63) is 0 Å². The molecule has 2 rings (SSSR count). The van der Waals surface area contributed by atoms with E-state index in [9.17, 15) is 4.79 Å². The van der Waals surface area contributed by atoms with Gasteiger partial charge in [-0.3, -0.25) is 10.1 Å². The van der Waals surface area contributed by atoms with Crippen LogP contribution in [0.1, 0.15) is 58.3 Å². The summed E-state index contributed by atoms with van der Waals surface area (Å²) in [5, 5.41) is 6.07. The molecule has 0 aromatic rings. The Hall–Kier alpha value is -1.06. The lowest BCUT2D eigenvalue weighted by Crippen LogP contribution is -2.38. The first-order valence-corrected chi connectivity index (χ1v) is 6.95. The van der Waals surface area contributed by atoms with Crippen molar-refractivity contribution >= 4 is 11.9 Å². The van der Waals surface area contributed by atoms with E-state index in [0.717, 1.165) is 12.8 Å². The quantitative estimate of drug-likeness (QED) is 0.665. The Balaban J connectivity index is 1.65. The van der Waals surface area contributed by atoms with E-state index in [0.29, 0.717) is 12.0 Å². The molecule has 1 heterocycles. The first-order valence-electron chi connectivity index (χ1n) is 6.95. The third kappa shape index (κ3) is 4.02. The van der Waals surface area contributed by atoms with Crippen LogP contribution in [-0.4, -0.2) is 24.0 Å². The molecule has 1 aliphatic heterocycles. The van der Waals surface area contributed by atoms with Crippen molar-refractivity contribution in [3.63, 3.8) is 0 Å². The van der Waals surface area contributed by atoms with Crippen LogP contribution in [0, 0.1) is 0 Å². The first-order chi connectivity index (χ1) is 8.29. The second kappa shape index (κ2) is 6.03. The number of hydrogen-bond acceptors (Lipinski definition) is 3. The number of hydrogen-bond donors (Lipinski definition) is 2. The van der Waals surface area contributed by atoms with E-state index >= 15 is 0 Å². The van der Waals surface area contributed by atoms with E-state index < -0.39 is 0 Å². The molecular weight excluding hydrogens is 214 g/mol. The van der Waals surface area contributed by atoms with Crippen LogP contribution >= 0.6 is 0 Å². The Kier molecular flexibility index (Phi) is 4.40. The van der Waals surface area contributed by atoms with E-state index in [4.69, 9.17) is 0 Å². The van der Waals surface area contributed by atoms with Gasteiger partial charge in [0.05, 0.1) is 0 Å². The largest absolute Gasteiger partial charge is 0.353 e. The highest BCUT2D eigenvalue weighted by atomic mass is 16.2. The van der Waals surface area contributed by atoms with Crippen LogP contribution in [0.5, 0.6) is 0 Å². The summed E-state index contributed by atoms with van der Waals surface area (Å²) in [7, 11) is 0. The number of rotatable bonds is 7. The molecule has 1 fully saturated rings. The minimum Gasteiger partial charge on any atom is -0.353 e. The van der Waals surface area contributed by atoms with Crippen LogP contribution in [0.15, 0.2) is 4.99 Å². The molecule has 4 heteroatoms. The molecule has 1 aliphatic carbocycles. The predicted molar refractivity (Wildman–Crippen MR) is 68.9 cm³/mol. The molecule has 0 spiro atoms. The standard InChI is InChI=1S/C13H23N3O/c1-2-3-4-5-6-7-11-12(17)16-13(15-11)14-10-8-9-10/h10-11H,2-9H2,1H3,(H2,14,15,16,17). The van der Waals surface area contributed by atoms with Gasteiger partial charge in [0.25, 0.3) is 5.91 Å². The molecule has 1 unspecified atom stereocenters. The van der Waals surface area contributed by atoms with Gasteiger partial charge in [0.1, 0.15) is 6.04 Å². The monoisotopic (exact) mass is 237 g/mol. The van der Waals surface area contributed by atoms with Crippen molar-refractivity contribution < 1.29 is 4.79 Å². The Morgan fingerprint density at radius 1 is 1.29 bits per heavy atom. The number of carbonyl (C=O) groups excluding carboxylic acids is 1. The summed E-state index contributed by atoms with van der Waals surface area (Å²) in [6.45, 7) is 2.21. The Morgan fingerprint density at radius 3 is 2.76 bits per heavy atom. The van der Waals surface area contributed by atoms with E-state index in [1.165, 1.54) is 38.5 Å². The summed E-state index contributed by atoms with van der Waals surface area (Å²) in [5.41, 5.74) is 0. The highest BCUT2D eigenvalue weighted by Crippen LogP contribution is 2.19. The lowest BCUT2D eigenvalue weighted by atomic mass is 10.1. The molecule has 1 atom stereocenters. The molecule has 4 nitrogen and oxygen atoms in total. The molecule has 1 saturated carbocycles. The summed E-state index contributed by atoms with van der Waals surface area (Å²) in [6, 6.07) is 0.412. The summed E-state index contributed by atoms with van der Waals surface area (Å²) in [5.74, 6) is 0.777. The SMILES string of the molecule is CCCCCCCC1N=C(NC2CC2)NC1=O. The summed E-state index contributed by atoms with van der Waals surface area (Å²) >= 11 is 0. The maximum Gasteiger partial charge on any atom is 0.251 e. The van der Waals surface area contributed by atoms with Crippen molar-refractivity contribution in [2.75, 3.05) is 0 Å². The second-order valence-corrected chi connectivity index (χ2v) is 5.10. The normalized spacial score (nSPS) is 23.5. The Morgan fingerprint density at radius 2 is 2.06 bits per heavy atom. The number of nitrogens with one attached hydrogen (secondary N) is 2. The fourth-order valence-corrected chi connectivity index (χ4v) is 2.08. The minimum atomic E-state index is -0.141. The zero-order valence-electron chi connectivity index (χ0n) is 10.7. The average Bonchev–Trinajstić information content (AvgIpc) is 3.04. The lowest BCUT2D eigenvalue weighted by Gasteiger charge is -2.03. The Labute approximate surface area is 103 Å². The maximum atomic E-state index is 11.6. The second-order valence-electron chi connectivity index (χ2n) is 5.10. The van der Waals surface area contributed by atoms with Crippen molar-refractivity contribution in [2.45, 2.75) is 70.4 Å². The molecule has 2 aliphatic rings. The first kappa shape index (κ1) is 12.4. The van der Waals surface area contributed by atoms with Crippen LogP contribution in [0.2, 0.25) is 0 Å². The fraction of sp³-hybridized carbons (Fsp3) is 0.846. The van der Waals surface area contributed by atoms with Crippen LogP contribution in [0.25, 0.3) is 0 Å². The van der Waals surface area contributed by atoms with Gasteiger partial charge in [-0.05, 0) is 19.3 Å². The molecule has 17 heavy (non-hydrogen) atoms. The predicted octanol–water partition coefficient (Wildman–Crippen LogP) is 1.95. The summed E-state index contributed by atoms with van der Waals surface area (Å²) < 4.78 is 0. The van der Waals surface area contributed by atoms with Gasteiger partial charge >= 0.3 is 0 Å². The van der Waals surface area contributed by atoms with Crippen LogP contribution in [-0.2, 0) is 4.79 Å². The summed E-state index contributed by atoms with van der Waals surface area (Å²) in [6.07, 6.45) is 9.48. The zero-order valence-corrected chi connectivity index (χ0v) is 10.7. The van der Waals surface area contributed by atoms with Crippen LogP contribution < -0.4 is 10.6 Å². The number of guanidine groups is 1. The molecule has 2 N–H and O–H groups in total. The van der Waals surface area contributed by atoms with Gasteiger partial charge in [-0.25, -0.2) is 4.99 Å². The Bertz CT molecular complexity index is 297. The molecule has 0 bridgehead atoms. The van der Waals surface area contributed by atoms with Crippen molar-refractivity contribution in [3.8, 4) is 0 Å². The molecule has 0 aromatic heterocycles. The van der Waals surface area contributed by atoms with Gasteiger partial charge < -0.3 is 5.32 Å². The van der Waals surface area contributed by atoms with Gasteiger partial charge in [-0.15, -0.1) is 0 Å². The van der Waals surface area contributed by atoms with Gasteiger partial charge in [-0.2, -0.15) is 0 Å². The van der Waals surface area contributed by atoms with E-state index in [2.05, 4.69) is 22.5 Å². The van der Waals surface area contributed by atoms with Gasteiger partial charge in [0, 0.05) is 6.04 Å². The molecule has 0 radical (unpaired) electrons. The third-order valence-corrected chi connectivity index (χ3v) is 3.33. The number of nitrogens with zero attached hydrogens (tertiary/aromatic N) is 1. The van der Waals surface area contributed by atoms with Crippen molar-refractivity contribution in [2.24, 2.45) is 4.99 Å². The highest BCUT2D eigenvalue weighted by Gasteiger charge is 2.29. The smallest absolute Gasteiger partial charge is 0.251 e. The van der Waals surface area contributed by atoms with Crippen molar-refractivity contribution in [1.29, 1.82) is 0 Å². The fourth-order valence-electron chi connectivity index (χ4n) is 2.08. The van der Waals surface area contributed by atoms with Gasteiger partial charge in [-0.1, -0.05) is 39.0 Å². The van der Waals surface area contributed by atoms with Crippen molar-refractivity contribution in [1.82, 2.24) is 10.6 Å².